The number of hydrogen-bond acceptors (Lipinski definition) is 4. The molecule has 5 nitrogen and oxygen atoms in total. The molecule has 0 saturated carbocycles. The van der Waals surface area contributed by atoms with Gasteiger partial charge in [0.1, 0.15) is 11.4 Å². The second kappa shape index (κ2) is 9.87. The second-order valence-electron chi connectivity index (χ2n) is 9.21. The number of likely N-dealkylation sites (tertiary alicyclic amines) is 1. The summed E-state index contributed by atoms with van der Waals surface area (Å²) in [6.45, 7) is 7.05. The standard InChI is InChI=1S/C26H32N2O3/c1-26(2,3)31-25(29)28-15-14-24(21-10-12-23(30-4)13-11-21)22(18-28)9-8-19-6-5-7-20(16-19)17-27/h5-7,10-13,16,22,24H,8-9,14-15,18H2,1-4H3. The van der Waals surface area contributed by atoms with E-state index in [0.717, 1.165) is 30.6 Å². The van der Waals surface area contributed by atoms with Gasteiger partial charge in [-0.05, 0) is 87.3 Å². The summed E-state index contributed by atoms with van der Waals surface area (Å²) in [4.78, 5) is 14.5. The summed E-state index contributed by atoms with van der Waals surface area (Å²) in [7, 11) is 1.67. The Bertz CT molecular complexity index is 925. The lowest BCUT2D eigenvalue weighted by Crippen LogP contribution is -2.45. The van der Waals surface area contributed by atoms with Crippen LogP contribution in [-0.4, -0.2) is 36.8 Å². The van der Waals surface area contributed by atoms with E-state index in [1.54, 1.807) is 7.11 Å². The molecular weight excluding hydrogens is 388 g/mol. The predicted molar refractivity (Wildman–Crippen MR) is 121 cm³/mol. The van der Waals surface area contributed by atoms with Crippen molar-refractivity contribution in [2.45, 2.75) is 51.6 Å². The Labute approximate surface area is 185 Å². The minimum absolute atomic E-state index is 0.239. The molecule has 0 bridgehead atoms. The Morgan fingerprint density at radius 3 is 2.58 bits per heavy atom. The van der Waals surface area contributed by atoms with Crippen LogP contribution in [0.2, 0.25) is 0 Å². The monoisotopic (exact) mass is 420 g/mol. The molecule has 0 aliphatic carbocycles. The molecule has 1 heterocycles. The summed E-state index contributed by atoms with van der Waals surface area (Å²) >= 11 is 0. The third-order valence-electron chi connectivity index (χ3n) is 5.79. The third-order valence-corrected chi connectivity index (χ3v) is 5.79. The van der Waals surface area contributed by atoms with E-state index in [2.05, 4.69) is 24.3 Å². The summed E-state index contributed by atoms with van der Waals surface area (Å²) in [6.07, 6.45) is 2.46. The zero-order valence-corrected chi connectivity index (χ0v) is 18.9. The molecule has 1 saturated heterocycles. The highest BCUT2D eigenvalue weighted by Crippen LogP contribution is 2.37. The molecule has 164 valence electrons. The van der Waals surface area contributed by atoms with Gasteiger partial charge in [0.05, 0.1) is 18.7 Å². The molecule has 1 aliphatic rings. The van der Waals surface area contributed by atoms with Gasteiger partial charge >= 0.3 is 6.09 Å². The molecule has 2 aromatic rings. The Balaban J connectivity index is 1.77. The van der Waals surface area contributed by atoms with E-state index >= 15 is 0 Å². The van der Waals surface area contributed by atoms with E-state index in [0.29, 0.717) is 30.5 Å². The molecule has 5 heteroatoms. The average Bonchev–Trinajstić information content (AvgIpc) is 2.76. The number of rotatable bonds is 5. The molecule has 1 fully saturated rings. The molecule has 31 heavy (non-hydrogen) atoms. The molecule has 0 N–H and O–H groups in total. The first kappa shape index (κ1) is 22.7. The van der Waals surface area contributed by atoms with Crippen molar-refractivity contribution in [3.63, 3.8) is 0 Å². The fourth-order valence-electron chi connectivity index (χ4n) is 4.26. The normalized spacial score (nSPS) is 18.9. The van der Waals surface area contributed by atoms with Gasteiger partial charge in [-0.25, -0.2) is 4.79 Å². The highest BCUT2D eigenvalue weighted by atomic mass is 16.6. The van der Waals surface area contributed by atoms with E-state index in [-0.39, 0.29) is 6.09 Å². The van der Waals surface area contributed by atoms with Gasteiger partial charge < -0.3 is 14.4 Å². The summed E-state index contributed by atoms with van der Waals surface area (Å²) < 4.78 is 10.9. The van der Waals surface area contributed by atoms with Gasteiger partial charge in [-0.1, -0.05) is 24.3 Å². The van der Waals surface area contributed by atoms with Gasteiger partial charge in [-0.3, -0.25) is 0 Å². The van der Waals surface area contributed by atoms with Crippen LogP contribution in [0.3, 0.4) is 0 Å². The van der Waals surface area contributed by atoms with E-state index in [1.807, 2.05) is 56.0 Å². The number of aryl methyl sites for hydroxylation is 1. The summed E-state index contributed by atoms with van der Waals surface area (Å²) in [6, 6.07) is 18.3. The van der Waals surface area contributed by atoms with E-state index in [4.69, 9.17) is 9.47 Å². The number of benzene rings is 2. The van der Waals surface area contributed by atoms with Crippen LogP contribution >= 0.6 is 0 Å². The molecule has 0 spiro atoms. The first-order valence-corrected chi connectivity index (χ1v) is 10.9. The largest absolute Gasteiger partial charge is 0.497 e. The number of hydrogen-bond donors (Lipinski definition) is 0. The van der Waals surface area contributed by atoms with Crippen molar-refractivity contribution in [2.24, 2.45) is 5.92 Å². The number of piperidine rings is 1. The van der Waals surface area contributed by atoms with Crippen LogP contribution < -0.4 is 4.74 Å². The number of ether oxygens (including phenoxy) is 2. The molecule has 0 aromatic heterocycles. The van der Waals surface area contributed by atoms with Crippen molar-refractivity contribution < 1.29 is 14.3 Å². The lowest BCUT2D eigenvalue weighted by Gasteiger charge is -2.39. The molecule has 3 rings (SSSR count). The molecule has 2 unspecified atom stereocenters. The number of carbonyl (C=O) groups excluding carboxylic acids is 1. The molecule has 0 radical (unpaired) electrons. The quantitative estimate of drug-likeness (QED) is 0.637. The van der Waals surface area contributed by atoms with Crippen LogP contribution in [-0.2, 0) is 11.2 Å². The molecule has 1 amide bonds. The van der Waals surface area contributed by atoms with Crippen LogP contribution in [0, 0.1) is 17.2 Å². The maximum atomic E-state index is 12.7. The lowest BCUT2D eigenvalue weighted by molar-refractivity contribution is 0.0139. The van der Waals surface area contributed by atoms with E-state index in [1.165, 1.54) is 5.56 Å². The SMILES string of the molecule is COc1ccc(C2CCN(C(=O)OC(C)(C)C)CC2CCc2cccc(C#N)c2)cc1. The minimum Gasteiger partial charge on any atom is -0.497 e. The van der Waals surface area contributed by atoms with Crippen molar-refractivity contribution >= 4 is 6.09 Å². The molecule has 2 aromatic carbocycles. The van der Waals surface area contributed by atoms with Crippen molar-refractivity contribution in [2.75, 3.05) is 20.2 Å². The first-order valence-electron chi connectivity index (χ1n) is 10.9. The predicted octanol–water partition coefficient (Wildman–Crippen LogP) is 5.54. The molecular formula is C26H32N2O3. The highest BCUT2D eigenvalue weighted by Gasteiger charge is 2.34. The number of carbonyl (C=O) groups is 1. The van der Waals surface area contributed by atoms with Crippen molar-refractivity contribution in [1.29, 1.82) is 5.26 Å². The number of methoxy groups -OCH3 is 1. The van der Waals surface area contributed by atoms with E-state index in [9.17, 15) is 10.1 Å². The van der Waals surface area contributed by atoms with Crippen LogP contribution in [0.1, 0.15) is 56.2 Å². The zero-order chi connectivity index (χ0) is 22.4. The van der Waals surface area contributed by atoms with Crippen LogP contribution in [0.4, 0.5) is 4.79 Å². The topological polar surface area (TPSA) is 62.6 Å². The fourth-order valence-corrected chi connectivity index (χ4v) is 4.26. The summed E-state index contributed by atoms with van der Waals surface area (Å²) in [5.74, 6) is 1.52. The molecule has 1 aliphatic heterocycles. The smallest absolute Gasteiger partial charge is 0.410 e. The maximum absolute atomic E-state index is 12.7. The fraction of sp³-hybridized carbons (Fsp3) is 0.462. The van der Waals surface area contributed by atoms with Crippen molar-refractivity contribution in [3.8, 4) is 11.8 Å². The van der Waals surface area contributed by atoms with Crippen LogP contribution in [0.25, 0.3) is 0 Å². The van der Waals surface area contributed by atoms with Crippen LogP contribution in [0.15, 0.2) is 48.5 Å². The number of nitrogens with zero attached hydrogens (tertiary/aromatic N) is 2. The van der Waals surface area contributed by atoms with Crippen LogP contribution in [0.5, 0.6) is 5.75 Å². The molecule has 2 atom stereocenters. The highest BCUT2D eigenvalue weighted by molar-refractivity contribution is 5.68. The Morgan fingerprint density at radius 2 is 1.94 bits per heavy atom. The Morgan fingerprint density at radius 1 is 1.19 bits per heavy atom. The van der Waals surface area contributed by atoms with Gasteiger partial charge in [0.15, 0.2) is 0 Å². The maximum Gasteiger partial charge on any atom is 0.410 e. The van der Waals surface area contributed by atoms with Gasteiger partial charge in [-0.2, -0.15) is 5.26 Å². The van der Waals surface area contributed by atoms with Gasteiger partial charge in [0.2, 0.25) is 0 Å². The van der Waals surface area contributed by atoms with Gasteiger partial charge in [0, 0.05) is 13.1 Å². The Hall–Kier alpha value is -3.00. The Kier molecular flexibility index (Phi) is 7.22. The minimum atomic E-state index is -0.503. The number of amides is 1. The van der Waals surface area contributed by atoms with Crippen molar-refractivity contribution in [1.82, 2.24) is 4.90 Å². The number of nitriles is 1. The first-order chi connectivity index (χ1) is 14.8. The lowest BCUT2D eigenvalue weighted by atomic mass is 9.77. The van der Waals surface area contributed by atoms with E-state index < -0.39 is 5.60 Å². The average molecular weight is 421 g/mol. The van der Waals surface area contributed by atoms with Gasteiger partial charge in [-0.15, -0.1) is 0 Å². The van der Waals surface area contributed by atoms with Gasteiger partial charge in [0.25, 0.3) is 0 Å². The summed E-state index contributed by atoms with van der Waals surface area (Å²) in [5, 5.41) is 9.18. The second-order valence-corrected chi connectivity index (χ2v) is 9.21. The third kappa shape index (κ3) is 6.24. The zero-order valence-electron chi connectivity index (χ0n) is 18.9. The summed E-state index contributed by atoms with van der Waals surface area (Å²) in [5.41, 5.74) is 2.61. The van der Waals surface area contributed by atoms with Crippen molar-refractivity contribution in [3.05, 3.63) is 65.2 Å².